The van der Waals surface area contributed by atoms with Gasteiger partial charge in [0.05, 0.1) is 12.7 Å². The van der Waals surface area contributed by atoms with Crippen molar-refractivity contribution in [2.24, 2.45) is 5.73 Å². The van der Waals surface area contributed by atoms with E-state index in [1.165, 1.54) is 25.3 Å². The molecular weight excluding hydrogens is 232 g/mol. The molecule has 6 heteroatoms. The summed E-state index contributed by atoms with van der Waals surface area (Å²) in [5.74, 6) is -0.946. The van der Waals surface area contributed by atoms with E-state index in [2.05, 4.69) is 4.74 Å². The van der Waals surface area contributed by atoms with Crippen LogP contribution in [0.1, 0.15) is 17.2 Å². The number of benzene rings is 1. The highest BCUT2D eigenvalue weighted by Gasteiger charge is 2.20. The van der Waals surface area contributed by atoms with Crippen LogP contribution in [0.4, 0.5) is 0 Å². The summed E-state index contributed by atoms with van der Waals surface area (Å²) in [7, 11) is 1.20. The number of phenolic OH excluding ortho intramolecular Hbond substituents is 1. The summed E-state index contributed by atoms with van der Waals surface area (Å²) in [5.41, 5.74) is 5.79. The first-order chi connectivity index (χ1) is 7.11. The van der Waals surface area contributed by atoms with Crippen molar-refractivity contribution in [2.45, 2.75) is 6.04 Å². The second-order valence-electron chi connectivity index (χ2n) is 2.86. The number of carbonyl (C=O) groups is 1. The Kier molecular flexibility index (Phi) is 5.30. The van der Waals surface area contributed by atoms with Gasteiger partial charge >= 0.3 is 5.97 Å². The molecule has 0 heterocycles. The van der Waals surface area contributed by atoms with Crippen LogP contribution in [0, 0.1) is 11.3 Å². The van der Waals surface area contributed by atoms with Gasteiger partial charge in [0, 0.05) is 5.56 Å². The first-order valence-corrected chi connectivity index (χ1v) is 4.17. The average molecular weight is 243 g/mol. The molecule has 3 N–H and O–H groups in total. The molecule has 86 valence electrons. The van der Waals surface area contributed by atoms with Gasteiger partial charge in [-0.1, -0.05) is 12.1 Å². The topological polar surface area (TPSA) is 96.3 Å². The zero-order chi connectivity index (χ0) is 11.4. The molecule has 1 atom stereocenters. The van der Waals surface area contributed by atoms with Crippen molar-refractivity contribution in [2.75, 3.05) is 7.11 Å². The number of halogens is 1. The molecule has 0 radical (unpaired) electrons. The Bertz CT molecular complexity index is 429. The highest BCUT2D eigenvalue weighted by molar-refractivity contribution is 5.85. The van der Waals surface area contributed by atoms with Gasteiger partial charge in [-0.15, -0.1) is 12.4 Å². The minimum Gasteiger partial charge on any atom is -0.506 e. The molecule has 0 aliphatic carbocycles. The molecule has 0 unspecified atom stereocenters. The zero-order valence-corrected chi connectivity index (χ0v) is 9.32. The van der Waals surface area contributed by atoms with Gasteiger partial charge in [-0.05, 0) is 6.07 Å². The van der Waals surface area contributed by atoms with Crippen LogP contribution in [-0.2, 0) is 9.53 Å². The first kappa shape index (κ1) is 14.2. The molecule has 0 aliphatic rings. The minimum absolute atomic E-state index is 0. The maximum absolute atomic E-state index is 11.1. The Morgan fingerprint density at radius 2 is 2.25 bits per heavy atom. The minimum atomic E-state index is -1.08. The van der Waals surface area contributed by atoms with Crippen molar-refractivity contribution in [1.29, 1.82) is 5.26 Å². The fourth-order valence-corrected chi connectivity index (χ4v) is 1.16. The SMILES string of the molecule is COC(=O)[C@H](N)c1cccc(C#N)c1O.Cl. The molecule has 0 aliphatic heterocycles. The van der Waals surface area contributed by atoms with Crippen LogP contribution < -0.4 is 5.73 Å². The molecule has 0 fully saturated rings. The van der Waals surface area contributed by atoms with E-state index in [1.807, 2.05) is 0 Å². The number of ether oxygens (including phenoxy) is 1. The van der Waals surface area contributed by atoms with Crippen molar-refractivity contribution in [3.8, 4) is 11.8 Å². The lowest BCUT2D eigenvalue weighted by Crippen LogP contribution is -2.22. The number of rotatable bonds is 2. The van der Waals surface area contributed by atoms with E-state index in [1.54, 1.807) is 6.07 Å². The van der Waals surface area contributed by atoms with Gasteiger partial charge in [0.15, 0.2) is 0 Å². The van der Waals surface area contributed by atoms with Crippen LogP contribution in [0.25, 0.3) is 0 Å². The number of phenols is 1. The van der Waals surface area contributed by atoms with Crippen molar-refractivity contribution in [3.63, 3.8) is 0 Å². The van der Waals surface area contributed by atoms with Crippen LogP contribution in [-0.4, -0.2) is 18.2 Å². The van der Waals surface area contributed by atoms with E-state index in [9.17, 15) is 9.90 Å². The van der Waals surface area contributed by atoms with Crippen molar-refractivity contribution in [3.05, 3.63) is 29.3 Å². The van der Waals surface area contributed by atoms with E-state index in [0.717, 1.165) is 0 Å². The Labute approximate surface area is 98.8 Å². The normalized spacial score (nSPS) is 10.8. The molecule has 0 bridgehead atoms. The number of hydrogen-bond acceptors (Lipinski definition) is 5. The molecule has 5 nitrogen and oxygen atoms in total. The summed E-state index contributed by atoms with van der Waals surface area (Å²) in [5, 5.41) is 18.2. The second-order valence-corrected chi connectivity index (χ2v) is 2.86. The molecule has 16 heavy (non-hydrogen) atoms. The Morgan fingerprint density at radius 1 is 1.62 bits per heavy atom. The number of nitriles is 1. The molecule has 1 rings (SSSR count). The standard InChI is InChI=1S/C10H10N2O3.ClH/c1-15-10(14)8(12)7-4-2-3-6(5-11)9(7)13;/h2-4,8,13H,12H2,1H3;1H/t8-;/m1./s1. The smallest absolute Gasteiger partial charge is 0.327 e. The van der Waals surface area contributed by atoms with E-state index in [0.29, 0.717) is 0 Å². The molecule has 0 saturated carbocycles. The summed E-state index contributed by atoms with van der Waals surface area (Å²) < 4.78 is 4.44. The monoisotopic (exact) mass is 242 g/mol. The maximum Gasteiger partial charge on any atom is 0.327 e. The van der Waals surface area contributed by atoms with Crippen molar-refractivity contribution >= 4 is 18.4 Å². The van der Waals surface area contributed by atoms with Gasteiger partial charge in [0.25, 0.3) is 0 Å². The molecule has 0 amide bonds. The van der Waals surface area contributed by atoms with Crippen LogP contribution in [0.15, 0.2) is 18.2 Å². The summed E-state index contributed by atoms with van der Waals surface area (Å²) in [4.78, 5) is 11.1. The number of para-hydroxylation sites is 1. The predicted molar refractivity (Wildman–Crippen MR) is 59.0 cm³/mol. The maximum atomic E-state index is 11.1. The summed E-state index contributed by atoms with van der Waals surface area (Å²) >= 11 is 0. The van der Waals surface area contributed by atoms with Gasteiger partial charge in [-0.2, -0.15) is 5.26 Å². The van der Waals surface area contributed by atoms with Crippen LogP contribution in [0.3, 0.4) is 0 Å². The molecular formula is C10H11ClN2O3. The van der Waals surface area contributed by atoms with E-state index < -0.39 is 12.0 Å². The number of nitrogens with two attached hydrogens (primary N) is 1. The third-order valence-corrected chi connectivity index (χ3v) is 1.98. The van der Waals surface area contributed by atoms with Crippen LogP contribution >= 0.6 is 12.4 Å². The number of aromatic hydroxyl groups is 1. The second kappa shape index (κ2) is 5.95. The summed E-state index contributed by atoms with van der Waals surface area (Å²) in [6, 6.07) is 5.15. The van der Waals surface area contributed by atoms with Gasteiger partial charge in [-0.3, -0.25) is 4.79 Å². The zero-order valence-electron chi connectivity index (χ0n) is 8.51. The van der Waals surface area contributed by atoms with Crippen LogP contribution in [0.5, 0.6) is 5.75 Å². The Hall–Kier alpha value is -1.77. The molecule has 1 aromatic carbocycles. The van der Waals surface area contributed by atoms with E-state index in [-0.39, 0.29) is 29.3 Å². The number of hydrogen-bond donors (Lipinski definition) is 2. The van der Waals surface area contributed by atoms with Gasteiger partial charge in [-0.25, -0.2) is 0 Å². The van der Waals surface area contributed by atoms with Gasteiger partial charge in [0.2, 0.25) is 0 Å². The largest absolute Gasteiger partial charge is 0.506 e. The third-order valence-electron chi connectivity index (χ3n) is 1.98. The number of methoxy groups -OCH3 is 1. The molecule has 0 saturated heterocycles. The molecule has 1 aromatic rings. The molecule has 0 aromatic heterocycles. The van der Waals surface area contributed by atoms with Gasteiger partial charge < -0.3 is 15.6 Å². The fraction of sp³-hybridized carbons (Fsp3) is 0.200. The quantitative estimate of drug-likeness (QED) is 0.750. The third kappa shape index (κ3) is 2.63. The lowest BCUT2D eigenvalue weighted by molar-refractivity contribution is -0.142. The first-order valence-electron chi connectivity index (χ1n) is 4.17. The lowest BCUT2D eigenvalue weighted by atomic mass is 10.0. The summed E-state index contributed by atoms with van der Waals surface area (Å²) in [6.45, 7) is 0. The van der Waals surface area contributed by atoms with Gasteiger partial charge in [0.1, 0.15) is 17.9 Å². The van der Waals surface area contributed by atoms with Crippen LogP contribution in [0.2, 0.25) is 0 Å². The number of esters is 1. The highest BCUT2D eigenvalue weighted by Crippen LogP contribution is 2.26. The lowest BCUT2D eigenvalue weighted by Gasteiger charge is -2.11. The van der Waals surface area contributed by atoms with E-state index in [4.69, 9.17) is 11.0 Å². The van der Waals surface area contributed by atoms with Crippen molar-refractivity contribution in [1.82, 2.24) is 0 Å². The highest BCUT2D eigenvalue weighted by atomic mass is 35.5. The Balaban J connectivity index is 0.00000225. The van der Waals surface area contributed by atoms with Crippen molar-refractivity contribution < 1.29 is 14.6 Å². The molecule has 0 spiro atoms. The predicted octanol–water partition coefficient (Wildman–Crippen LogP) is 0.858. The summed E-state index contributed by atoms with van der Waals surface area (Å²) in [6.07, 6.45) is 0. The Morgan fingerprint density at radius 3 is 2.75 bits per heavy atom. The number of carbonyl (C=O) groups excluding carboxylic acids is 1. The number of nitrogens with zero attached hydrogens (tertiary/aromatic N) is 1. The average Bonchev–Trinajstić information content (AvgIpc) is 2.27. The fourth-order valence-electron chi connectivity index (χ4n) is 1.16. The van der Waals surface area contributed by atoms with E-state index >= 15 is 0 Å².